The minimum absolute atomic E-state index is 0.00549. The lowest BCUT2D eigenvalue weighted by atomic mass is 9.84. The minimum Gasteiger partial charge on any atom is -0.481 e. The van der Waals surface area contributed by atoms with E-state index in [0.717, 1.165) is 36.6 Å². The number of nitrogens with zero attached hydrogens (tertiary/aromatic N) is 3. The molecular weight excluding hydrogens is 290 g/mol. The van der Waals surface area contributed by atoms with Crippen molar-refractivity contribution >= 4 is 23.4 Å². The van der Waals surface area contributed by atoms with Crippen LogP contribution in [-0.4, -0.2) is 44.6 Å². The lowest BCUT2D eigenvalue weighted by Gasteiger charge is -2.35. The number of carbonyl (C=O) groups is 2. The molecule has 1 aromatic rings. The summed E-state index contributed by atoms with van der Waals surface area (Å²) < 4.78 is 3.87. The highest BCUT2D eigenvalue weighted by molar-refractivity contribution is 7.08. The number of aromatic nitrogens is 2. The van der Waals surface area contributed by atoms with E-state index in [1.54, 1.807) is 0 Å². The molecule has 2 atom stereocenters. The first-order valence-corrected chi connectivity index (χ1v) is 8.12. The van der Waals surface area contributed by atoms with E-state index in [2.05, 4.69) is 9.59 Å². The number of hydrogen-bond donors (Lipinski definition) is 1. The number of hydrogen-bond acceptors (Lipinski definition) is 5. The molecule has 21 heavy (non-hydrogen) atoms. The van der Waals surface area contributed by atoms with Gasteiger partial charge in [0.25, 0.3) is 5.91 Å². The summed E-state index contributed by atoms with van der Waals surface area (Å²) in [7, 11) is 0. The molecule has 0 spiro atoms. The molecule has 0 saturated carbocycles. The number of aliphatic carboxylic acids is 1. The first-order chi connectivity index (χ1) is 10.0. The first kappa shape index (κ1) is 15.9. The Balaban J connectivity index is 2.03. The van der Waals surface area contributed by atoms with Crippen molar-refractivity contribution in [2.75, 3.05) is 13.1 Å². The highest BCUT2D eigenvalue weighted by Crippen LogP contribution is 2.27. The number of carbonyl (C=O) groups excluding carboxylic acids is 1. The van der Waals surface area contributed by atoms with E-state index in [4.69, 9.17) is 5.11 Å². The van der Waals surface area contributed by atoms with E-state index >= 15 is 0 Å². The van der Waals surface area contributed by atoms with Crippen molar-refractivity contribution < 1.29 is 14.7 Å². The smallest absolute Gasteiger partial charge is 0.303 e. The largest absolute Gasteiger partial charge is 0.481 e. The van der Waals surface area contributed by atoms with Gasteiger partial charge in [-0.25, -0.2) is 0 Å². The Morgan fingerprint density at radius 2 is 2.29 bits per heavy atom. The van der Waals surface area contributed by atoms with Gasteiger partial charge in [0.15, 0.2) is 0 Å². The molecule has 0 radical (unpaired) electrons. The SMILES string of the molecule is CCc1nnsc1C(=O)N1CCCC(C(C)CC(=O)O)C1. The van der Waals surface area contributed by atoms with Crippen molar-refractivity contribution in [3.8, 4) is 0 Å². The van der Waals surface area contributed by atoms with Crippen molar-refractivity contribution in [2.24, 2.45) is 11.8 Å². The Morgan fingerprint density at radius 1 is 1.52 bits per heavy atom. The van der Waals surface area contributed by atoms with Crippen molar-refractivity contribution in [2.45, 2.75) is 39.5 Å². The second kappa shape index (κ2) is 6.98. The van der Waals surface area contributed by atoms with E-state index in [1.807, 2.05) is 18.7 Å². The maximum absolute atomic E-state index is 12.6. The Hall–Kier alpha value is -1.50. The Kier molecular flexibility index (Phi) is 5.27. The molecule has 1 amide bonds. The fraction of sp³-hybridized carbons (Fsp3) is 0.714. The fourth-order valence-electron chi connectivity index (χ4n) is 2.85. The number of piperidine rings is 1. The third-order valence-corrected chi connectivity index (χ3v) is 4.89. The van der Waals surface area contributed by atoms with Gasteiger partial charge in [-0.1, -0.05) is 18.3 Å². The molecule has 1 aromatic heterocycles. The molecule has 1 N–H and O–H groups in total. The number of amides is 1. The second-order valence-corrected chi connectivity index (χ2v) is 6.39. The molecule has 1 saturated heterocycles. The number of rotatable bonds is 5. The fourth-order valence-corrected chi connectivity index (χ4v) is 3.57. The van der Waals surface area contributed by atoms with Crippen LogP contribution >= 0.6 is 11.5 Å². The van der Waals surface area contributed by atoms with Crippen LogP contribution < -0.4 is 0 Å². The summed E-state index contributed by atoms with van der Waals surface area (Å²) in [6.07, 6.45) is 2.77. The molecule has 2 heterocycles. The van der Waals surface area contributed by atoms with Gasteiger partial charge in [0.2, 0.25) is 0 Å². The van der Waals surface area contributed by atoms with Crippen LogP contribution in [0.1, 0.15) is 48.5 Å². The average molecular weight is 311 g/mol. The van der Waals surface area contributed by atoms with Crippen LogP contribution in [-0.2, 0) is 11.2 Å². The summed E-state index contributed by atoms with van der Waals surface area (Å²) in [5.41, 5.74) is 0.755. The monoisotopic (exact) mass is 311 g/mol. The third-order valence-electron chi connectivity index (χ3n) is 4.13. The number of carboxylic acids is 1. The molecule has 1 aliphatic rings. The van der Waals surface area contributed by atoms with Crippen molar-refractivity contribution in [3.63, 3.8) is 0 Å². The number of aryl methyl sites for hydroxylation is 1. The first-order valence-electron chi connectivity index (χ1n) is 7.35. The summed E-state index contributed by atoms with van der Waals surface area (Å²) in [4.78, 5) is 25.9. The molecule has 0 aromatic carbocycles. The minimum atomic E-state index is -0.772. The zero-order valence-corrected chi connectivity index (χ0v) is 13.2. The van der Waals surface area contributed by atoms with Gasteiger partial charge in [-0.15, -0.1) is 5.10 Å². The summed E-state index contributed by atoms with van der Waals surface area (Å²) in [5, 5.41) is 12.9. The zero-order chi connectivity index (χ0) is 15.4. The van der Waals surface area contributed by atoms with Gasteiger partial charge in [0.05, 0.1) is 5.69 Å². The molecule has 7 heteroatoms. The van der Waals surface area contributed by atoms with Crippen molar-refractivity contribution in [1.82, 2.24) is 14.5 Å². The van der Waals surface area contributed by atoms with E-state index in [0.29, 0.717) is 17.8 Å². The van der Waals surface area contributed by atoms with Gasteiger partial charge in [0.1, 0.15) is 4.88 Å². The van der Waals surface area contributed by atoms with Gasteiger partial charge < -0.3 is 10.0 Å². The molecule has 0 bridgehead atoms. The summed E-state index contributed by atoms with van der Waals surface area (Å²) in [6.45, 7) is 5.28. The highest BCUT2D eigenvalue weighted by Gasteiger charge is 2.30. The molecule has 2 unspecified atom stereocenters. The topological polar surface area (TPSA) is 83.4 Å². The summed E-state index contributed by atoms with van der Waals surface area (Å²) in [6, 6.07) is 0. The van der Waals surface area contributed by atoms with Crippen LogP contribution in [0.25, 0.3) is 0 Å². The average Bonchev–Trinajstić information content (AvgIpc) is 2.94. The van der Waals surface area contributed by atoms with Crippen LogP contribution in [0.4, 0.5) is 0 Å². The predicted octanol–water partition coefficient (Wildman–Crippen LogP) is 2.06. The van der Waals surface area contributed by atoms with Crippen LogP contribution in [0.2, 0.25) is 0 Å². The maximum atomic E-state index is 12.6. The van der Waals surface area contributed by atoms with Gasteiger partial charge in [-0.2, -0.15) is 0 Å². The standard InChI is InChI=1S/C14H21N3O3S/c1-3-11-13(21-16-15-11)14(20)17-6-4-5-10(8-17)9(2)7-12(18)19/h9-10H,3-8H2,1-2H3,(H,18,19). The van der Waals surface area contributed by atoms with Crippen LogP contribution in [0, 0.1) is 11.8 Å². The summed E-state index contributed by atoms with van der Waals surface area (Å²) >= 11 is 1.15. The lowest BCUT2D eigenvalue weighted by Crippen LogP contribution is -2.42. The van der Waals surface area contributed by atoms with Gasteiger partial charge in [0, 0.05) is 19.5 Å². The zero-order valence-electron chi connectivity index (χ0n) is 12.4. The quantitative estimate of drug-likeness (QED) is 0.900. The van der Waals surface area contributed by atoms with Gasteiger partial charge in [-0.3, -0.25) is 9.59 Å². The molecule has 116 valence electrons. The van der Waals surface area contributed by atoms with Crippen LogP contribution in [0.15, 0.2) is 0 Å². The highest BCUT2D eigenvalue weighted by atomic mass is 32.1. The summed E-state index contributed by atoms with van der Waals surface area (Å²) in [5.74, 6) is -0.437. The number of likely N-dealkylation sites (tertiary alicyclic amines) is 1. The van der Waals surface area contributed by atoms with Crippen LogP contribution in [0.5, 0.6) is 0 Å². The predicted molar refractivity (Wildman–Crippen MR) is 79.3 cm³/mol. The van der Waals surface area contributed by atoms with E-state index in [-0.39, 0.29) is 24.2 Å². The van der Waals surface area contributed by atoms with E-state index in [9.17, 15) is 9.59 Å². The molecule has 0 aliphatic carbocycles. The van der Waals surface area contributed by atoms with E-state index in [1.165, 1.54) is 0 Å². The van der Waals surface area contributed by atoms with Crippen LogP contribution in [0.3, 0.4) is 0 Å². The van der Waals surface area contributed by atoms with E-state index < -0.39 is 5.97 Å². The van der Waals surface area contributed by atoms with Crippen molar-refractivity contribution in [1.29, 1.82) is 0 Å². The lowest BCUT2D eigenvalue weighted by molar-refractivity contribution is -0.138. The Bertz CT molecular complexity index is 517. The third kappa shape index (κ3) is 3.78. The molecule has 6 nitrogen and oxygen atoms in total. The number of carboxylic acid groups (broad SMARTS) is 1. The maximum Gasteiger partial charge on any atom is 0.303 e. The molecular formula is C14H21N3O3S. The normalized spacial score (nSPS) is 20.3. The molecule has 2 rings (SSSR count). The van der Waals surface area contributed by atoms with Gasteiger partial charge >= 0.3 is 5.97 Å². The molecule has 1 fully saturated rings. The second-order valence-electron chi connectivity index (χ2n) is 5.63. The van der Waals surface area contributed by atoms with Crippen molar-refractivity contribution in [3.05, 3.63) is 10.6 Å². The van der Waals surface area contributed by atoms with Gasteiger partial charge in [-0.05, 0) is 42.6 Å². The Labute approximate surface area is 128 Å². The molecule has 1 aliphatic heterocycles. The Morgan fingerprint density at radius 3 is 2.95 bits per heavy atom.